The number of benzene rings is 1. The summed E-state index contributed by atoms with van der Waals surface area (Å²) < 4.78 is 10.7. The van der Waals surface area contributed by atoms with E-state index >= 15 is 0 Å². The maximum absolute atomic E-state index is 12.1. The van der Waals surface area contributed by atoms with Gasteiger partial charge in [0.25, 0.3) is 5.91 Å². The number of ether oxygens (including phenoxy) is 1. The zero-order chi connectivity index (χ0) is 16.9. The highest BCUT2D eigenvalue weighted by atomic mass is 16.5. The minimum Gasteiger partial charge on any atom is -0.470 e. The first-order chi connectivity index (χ1) is 11.6. The van der Waals surface area contributed by atoms with Crippen molar-refractivity contribution in [2.24, 2.45) is 0 Å². The normalized spacial score (nSPS) is 11.8. The van der Waals surface area contributed by atoms with Gasteiger partial charge in [0.05, 0.1) is 5.56 Å². The van der Waals surface area contributed by atoms with Gasteiger partial charge in [-0.15, -0.1) is 0 Å². The Hall–Kier alpha value is -3.15. The number of anilines is 1. The van der Waals surface area contributed by atoms with Crippen LogP contribution in [0, 0.1) is 6.92 Å². The second-order valence-corrected chi connectivity index (χ2v) is 5.33. The van der Waals surface area contributed by atoms with Gasteiger partial charge >= 0.3 is 0 Å². The average molecular weight is 323 g/mol. The summed E-state index contributed by atoms with van der Waals surface area (Å²) in [6, 6.07) is 14.8. The van der Waals surface area contributed by atoms with Crippen LogP contribution < -0.4 is 10.1 Å². The van der Waals surface area contributed by atoms with Gasteiger partial charge < -0.3 is 14.6 Å². The number of carbonyl (C=O) groups excluding carboxylic acids is 1. The molecule has 1 N–H and O–H groups in total. The number of amides is 1. The van der Waals surface area contributed by atoms with Crippen LogP contribution in [-0.4, -0.2) is 16.0 Å². The van der Waals surface area contributed by atoms with Gasteiger partial charge in [0.15, 0.2) is 5.82 Å². The molecule has 3 rings (SSSR count). The van der Waals surface area contributed by atoms with Gasteiger partial charge in [-0.1, -0.05) is 35.5 Å². The number of carbonyl (C=O) groups is 1. The molecular formula is C18H17N3O3. The maximum Gasteiger partial charge on any atom is 0.258 e. The van der Waals surface area contributed by atoms with Crippen molar-refractivity contribution >= 4 is 11.7 Å². The van der Waals surface area contributed by atoms with Crippen molar-refractivity contribution in [1.29, 1.82) is 0 Å². The van der Waals surface area contributed by atoms with E-state index in [9.17, 15) is 4.79 Å². The van der Waals surface area contributed by atoms with Gasteiger partial charge in [0, 0.05) is 18.3 Å². The minimum atomic E-state index is -0.307. The maximum atomic E-state index is 12.1. The number of aryl methyl sites for hydroxylation is 1. The zero-order valence-corrected chi connectivity index (χ0v) is 13.4. The molecule has 1 aromatic carbocycles. The number of nitrogens with zero attached hydrogens (tertiary/aromatic N) is 2. The molecule has 122 valence electrons. The Balaban J connectivity index is 1.63. The lowest BCUT2D eigenvalue weighted by atomic mass is 10.1. The second kappa shape index (κ2) is 6.95. The highest BCUT2D eigenvalue weighted by Gasteiger charge is 2.11. The fraction of sp³-hybridized carbons (Fsp3) is 0.167. The lowest BCUT2D eigenvalue weighted by molar-refractivity contribution is 0.102. The van der Waals surface area contributed by atoms with Crippen LogP contribution in [0.3, 0.4) is 0 Å². The highest BCUT2D eigenvalue weighted by Crippen LogP contribution is 2.20. The quantitative estimate of drug-likeness (QED) is 0.773. The molecule has 0 fully saturated rings. The SMILES string of the molecule is Cc1cc(NC(=O)c2ccc(O[C@@H](C)c3ccccc3)nc2)no1. The monoisotopic (exact) mass is 323 g/mol. The molecule has 0 radical (unpaired) electrons. The molecule has 0 aliphatic heterocycles. The van der Waals surface area contributed by atoms with E-state index in [1.165, 1.54) is 6.20 Å². The summed E-state index contributed by atoms with van der Waals surface area (Å²) >= 11 is 0. The first kappa shape index (κ1) is 15.7. The number of aromatic nitrogens is 2. The Kier molecular flexibility index (Phi) is 4.56. The van der Waals surface area contributed by atoms with Crippen LogP contribution in [0.5, 0.6) is 5.88 Å². The third-order valence-electron chi connectivity index (χ3n) is 3.43. The fourth-order valence-corrected chi connectivity index (χ4v) is 2.17. The Labute approximate surface area is 139 Å². The second-order valence-electron chi connectivity index (χ2n) is 5.33. The summed E-state index contributed by atoms with van der Waals surface area (Å²) in [5, 5.41) is 6.36. The molecule has 1 atom stereocenters. The molecule has 3 aromatic rings. The van der Waals surface area contributed by atoms with E-state index < -0.39 is 0 Å². The molecule has 0 bridgehead atoms. The molecular weight excluding hydrogens is 306 g/mol. The molecule has 0 spiro atoms. The van der Waals surface area contributed by atoms with Gasteiger partial charge in [-0.2, -0.15) is 0 Å². The molecule has 24 heavy (non-hydrogen) atoms. The van der Waals surface area contributed by atoms with E-state index in [1.807, 2.05) is 37.3 Å². The van der Waals surface area contributed by atoms with Crippen LogP contribution in [0.1, 0.15) is 34.7 Å². The van der Waals surface area contributed by atoms with Crippen molar-refractivity contribution in [1.82, 2.24) is 10.1 Å². The summed E-state index contributed by atoms with van der Waals surface area (Å²) in [5.41, 5.74) is 1.47. The van der Waals surface area contributed by atoms with E-state index in [2.05, 4.69) is 15.5 Å². The zero-order valence-electron chi connectivity index (χ0n) is 13.4. The van der Waals surface area contributed by atoms with Crippen molar-refractivity contribution in [2.75, 3.05) is 5.32 Å². The Morgan fingerprint density at radius 1 is 1.21 bits per heavy atom. The van der Waals surface area contributed by atoms with Crippen molar-refractivity contribution in [3.8, 4) is 5.88 Å². The lowest BCUT2D eigenvalue weighted by Crippen LogP contribution is -2.12. The molecule has 0 saturated carbocycles. The average Bonchev–Trinajstić information content (AvgIpc) is 3.01. The van der Waals surface area contributed by atoms with Crippen LogP contribution in [0.2, 0.25) is 0 Å². The first-order valence-corrected chi connectivity index (χ1v) is 7.54. The molecule has 0 saturated heterocycles. The van der Waals surface area contributed by atoms with Crippen LogP contribution in [0.15, 0.2) is 59.3 Å². The van der Waals surface area contributed by atoms with E-state index in [1.54, 1.807) is 25.1 Å². The number of nitrogens with one attached hydrogen (secondary N) is 1. The molecule has 2 aromatic heterocycles. The summed E-state index contributed by atoms with van der Waals surface area (Å²) in [7, 11) is 0. The Morgan fingerprint density at radius 3 is 2.62 bits per heavy atom. The largest absolute Gasteiger partial charge is 0.470 e. The third-order valence-corrected chi connectivity index (χ3v) is 3.43. The lowest BCUT2D eigenvalue weighted by Gasteiger charge is -2.14. The predicted molar refractivity (Wildman–Crippen MR) is 88.9 cm³/mol. The summed E-state index contributed by atoms with van der Waals surface area (Å²) in [4.78, 5) is 16.3. The molecule has 0 aliphatic rings. The Morgan fingerprint density at radius 2 is 2.00 bits per heavy atom. The number of pyridine rings is 1. The van der Waals surface area contributed by atoms with Crippen LogP contribution in [-0.2, 0) is 0 Å². The number of rotatable bonds is 5. The fourth-order valence-electron chi connectivity index (χ4n) is 2.17. The van der Waals surface area contributed by atoms with Crippen molar-refractivity contribution in [3.05, 3.63) is 71.6 Å². The Bertz CT molecular complexity index is 813. The molecule has 0 aliphatic carbocycles. The molecule has 2 heterocycles. The van der Waals surface area contributed by atoms with Gasteiger partial charge in [0.1, 0.15) is 11.9 Å². The smallest absolute Gasteiger partial charge is 0.258 e. The minimum absolute atomic E-state index is 0.128. The number of hydrogen-bond acceptors (Lipinski definition) is 5. The van der Waals surface area contributed by atoms with E-state index in [4.69, 9.17) is 9.26 Å². The first-order valence-electron chi connectivity index (χ1n) is 7.54. The van der Waals surface area contributed by atoms with Gasteiger partial charge in [-0.3, -0.25) is 4.79 Å². The van der Waals surface area contributed by atoms with E-state index in [0.717, 1.165) is 5.56 Å². The molecule has 1 amide bonds. The van der Waals surface area contributed by atoms with E-state index in [0.29, 0.717) is 23.0 Å². The van der Waals surface area contributed by atoms with Crippen molar-refractivity contribution in [3.63, 3.8) is 0 Å². The summed E-state index contributed by atoms with van der Waals surface area (Å²) in [5.74, 6) is 1.15. The summed E-state index contributed by atoms with van der Waals surface area (Å²) in [6.07, 6.45) is 1.34. The van der Waals surface area contributed by atoms with Gasteiger partial charge in [-0.05, 0) is 25.5 Å². The van der Waals surface area contributed by atoms with Crippen molar-refractivity contribution < 1.29 is 14.1 Å². The van der Waals surface area contributed by atoms with E-state index in [-0.39, 0.29) is 12.0 Å². The predicted octanol–water partition coefficient (Wildman–Crippen LogP) is 3.77. The standard InChI is InChI=1S/C18H17N3O3/c1-12-10-16(21-24-12)20-18(22)15-8-9-17(19-11-15)23-13(2)14-6-4-3-5-7-14/h3-11,13H,1-2H3,(H,20,21,22)/t13-/m0/s1. The summed E-state index contributed by atoms with van der Waals surface area (Å²) in [6.45, 7) is 3.70. The third kappa shape index (κ3) is 3.78. The van der Waals surface area contributed by atoms with Gasteiger partial charge in [-0.25, -0.2) is 4.98 Å². The molecule has 0 unspecified atom stereocenters. The number of hydrogen-bond donors (Lipinski definition) is 1. The molecule has 6 nitrogen and oxygen atoms in total. The van der Waals surface area contributed by atoms with Gasteiger partial charge in [0.2, 0.25) is 5.88 Å². The van der Waals surface area contributed by atoms with Crippen molar-refractivity contribution in [2.45, 2.75) is 20.0 Å². The highest BCUT2D eigenvalue weighted by molar-refractivity contribution is 6.03. The van der Waals surface area contributed by atoms with Crippen LogP contribution >= 0.6 is 0 Å². The molecule has 6 heteroatoms. The van der Waals surface area contributed by atoms with Crippen LogP contribution in [0.4, 0.5) is 5.82 Å². The topological polar surface area (TPSA) is 77.2 Å². The van der Waals surface area contributed by atoms with Crippen LogP contribution in [0.25, 0.3) is 0 Å².